The van der Waals surface area contributed by atoms with Gasteiger partial charge in [-0.1, -0.05) is 60.7 Å². The number of nitrogens with zero attached hydrogens (tertiary/aromatic N) is 1. The van der Waals surface area contributed by atoms with Crippen molar-refractivity contribution < 1.29 is 13.2 Å². The first kappa shape index (κ1) is 26.5. The summed E-state index contributed by atoms with van der Waals surface area (Å²) in [5.41, 5.74) is 4.14. The first-order valence-electron chi connectivity index (χ1n) is 12.5. The minimum absolute atomic E-state index is 0.103. The van der Waals surface area contributed by atoms with Crippen LogP contribution >= 0.6 is 11.8 Å². The minimum atomic E-state index is -3.38. The Morgan fingerprint density at radius 2 is 1.72 bits per heavy atom. The molecule has 0 bridgehead atoms. The lowest BCUT2D eigenvalue weighted by Gasteiger charge is -2.31. The Kier molecular flexibility index (Phi) is 9.24. The molecule has 1 saturated heterocycles. The largest absolute Gasteiger partial charge is 0.326 e. The van der Waals surface area contributed by atoms with E-state index in [4.69, 9.17) is 0 Å². The van der Waals surface area contributed by atoms with Crippen LogP contribution in [0.15, 0.2) is 83.8 Å². The summed E-state index contributed by atoms with van der Waals surface area (Å²) in [4.78, 5) is 14.3. The third-order valence-corrected chi connectivity index (χ3v) is 9.56. The van der Waals surface area contributed by atoms with Gasteiger partial charge in [0.1, 0.15) is 0 Å². The molecule has 0 radical (unpaired) electrons. The number of sulfonamides is 1. The van der Waals surface area contributed by atoms with E-state index in [-0.39, 0.29) is 24.1 Å². The van der Waals surface area contributed by atoms with Gasteiger partial charge in [0.25, 0.3) is 0 Å². The predicted octanol–water partition coefficient (Wildman–Crippen LogP) is 5.90. The maximum absolute atomic E-state index is 13.1. The van der Waals surface area contributed by atoms with Crippen LogP contribution in [0.2, 0.25) is 0 Å². The zero-order valence-electron chi connectivity index (χ0n) is 20.7. The number of piperidine rings is 1. The average molecular weight is 523 g/mol. The lowest BCUT2D eigenvalue weighted by atomic mass is 9.98. The third kappa shape index (κ3) is 7.45. The van der Waals surface area contributed by atoms with Gasteiger partial charge in [0.2, 0.25) is 15.9 Å². The Bertz CT molecular complexity index is 1250. The van der Waals surface area contributed by atoms with Crippen LogP contribution in [0.5, 0.6) is 0 Å². The second-order valence-electron chi connectivity index (χ2n) is 9.34. The number of nitrogens with one attached hydrogen (secondary N) is 1. The van der Waals surface area contributed by atoms with Gasteiger partial charge in [-0.25, -0.2) is 12.7 Å². The fraction of sp³-hybridized carbons (Fsp3) is 0.345. The fourth-order valence-electron chi connectivity index (χ4n) is 4.52. The van der Waals surface area contributed by atoms with Crippen molar-refractivity contribution in [2.24, 2.45) is 5.92 Å². The van der Waals surface area contributed by atoms with Crippen molar-refractivity contribution in [3.05, 3.63) is 95.6 Å². The molecule has 4 rings (SSSR count). The molecular weight excluding hydrogens is 488 g/mol. The van der Waals surface area contributed by atoms with Crippen molar-refractivity contribution in [2.75, 3.05) is 24.2 Å². The third-order valence-electron chi connectivity index (χ3n) is 6.56. The smallest absolute Gasteiger partial charge is 0.228 e. The summed E-state index contributed by atoms with van der Waals surface area (Å²) in [6.07, 6.45) is 2.71. The predicted molar refractivity (Wildman–Crippen MR) is 149 cm³/mol. The molecule has 0 saturated carbocycles. The highest BCUT2D eigenvalue weighted by Crippen LogP contribution is 2.26. The van der Waals surface area contributed by atoms with Gasteiger partial charge >= 0.3 is 0 Å². The first-order chi connectivity index (χ1) is 17.4. The van der Waals surface area contributed by atoms with Crippen molar-refractivity contribution in [3.63, 3.8) is 0 Å². The number of anilines is 1. The molecule has 1 heterocycles. The van der Waals surface area contributed by atoms with Crippen LogP contribution < -0.4 is 5.32 Å². The van der Waals surface area contributed by atoms with Gasteiger partial charge in [0.05, 0.1) is 11.7 Å². The Labute approximate surface area is 219 Å². The van der Waals surface area contributed by atoms with Crippen LogP contribution in [0.1, 0.15) is 36.0 Å². The van der Waals surface area contributed by atoms with E-state index in [1.807, 2.05) is 67.6 Å². The summed E-state index contributed by atoms with van der Waals surface area (Å²) in [5.74, 6) is 0.528. The van der Waals surface area contributed by atoms with Crippen LogP contribution in [0.4, 0.5) is 5.69 Å². The van der Waals surface area contributed by atoms with Gasteiger partial charge in [-0.15, -0.1) is 11.8 Å². The van der Waals surface area contributed by atoms with Gasteiger partial charge in [-0.3, -0.25) is 4.79 Å². The second-order valence-corrected chi connectivity index (χ2v) is 12.5. The lowest BCUT2D eigenvalue weighted by Crippen LogP contribution is -2.44. The van der Waals surface area contributed by atoms with Crippen LogP contribution in [-0.4, -0.2) is 37.5 Å². The number of carbonyl (C=O) groups excluding carboxylic acids is 1. The van der Waals surface area contributed by atoms with Crippen LogP contribution in [-0.2, 0) is 27.0 Å². The van der Waals surface area contributed by atoms with E-state index in [1.165, 1.54) is 14.8 Å². The van der Waals surface area contributed by atoms with E-state index in [1.54, 1.807) is 11.8 Å². The highest BCUT2D eigenvalue weighted by molar-refractivity contribution is 7.98. The van der Waals surface area contributed by atoms with E-state index in [0.717, 1.165) is 29.0 Å². The molecule has 7 heteroatoms. The highest BCUT2D eigenvalue weighted by atomic mass is 32.2. The number of carbonyl (C=O) groups is 1. The molecule has 1 atom stereocenters. The Hall–Kier alpha value is -2.61. The summed E-state index contributed by atoms with van der Waals surface area (Å²) in [6, 6.07) is 26.3. The molecule has 1 aliphatic heterocycles. The summed E-state index contributed by atoms with van der Waals surface area (Å²) < 4.78 is 27.4. The van der Waals surface area contributed by atoms with Crippen molar-refractivity contribution in [1.82, 2.24) is 4.31 Å². The van der Waals surface area contributed by atoms with E-state index in [2.05, 4.69) is 23.5 Å². The lowest BCUT2D eigenvalue weighted by molar-refractivity contribution is -0.120. The van der Waals surface area contributed by atoms with Crippen molar-refractivity contribution in [2.45, 2.75) is 43.3 Å². The van der Waals surface area contributed by atoms with Gasteiger partial charge in [0.15, 0.2) is 0 Å². The first-order valence-corrected chi connectivity index (χ1v) is 15.1. The number of amides is 1. The van der Waals surface area contributed by atoms with E-state index < -0.39 is 10.0 Å². The molecule has 0 spiro atoms. The van der Waals surface area contributed by atoms with Crippen molar-refractivity contribution in [1.29, 1.82) is 0 Å². The van der Waals surface area contributed by atoms with E-state index in [9.17, 15) is 13.2 Å². The molecule has 0 unspecified atom stereocenters. The Morgan fingerprint density at radius 3 is 2.44 bits per heavy atom. The summed E-state index contributed by atoms with van der Waals surface area (Å²) in [6.45, 7) is 2.74. The molecule has 1 aliphatic rings. The van der Waals surface area contributed by atoms with Crippen LogP contribution in [0.3, 0.4) is 0 Å². The Balaban J connectivity index is 1.29. The molecule has 5 nitrogen and oxygen atoms in total. The van der Waals surface area contributed by atoms with Crippen molar-refractivity contribution in [3.8, 4) is 0 Å². The maximum atomic E-state index is 13.1. The van der Waals surface area contributed by atoms with Gasteiger partial charge < -0.3 is 5.32 Å². The van der Waals surface area contributed by atoms with Gasteiger partial charge in [-0.2, -0.15) is 0 Å². The minimum Gasteiger partial charge on any atom is -0.326 e. The Morgan fingerprint density at radius 1 is 1.00 bits per heavy atom. The van der Waals surface area contributed by atoms with Crippen LogP contribution in [0, 0.1) is 12.8 Å². The number of aryl methyl sites for hydroxylation is 2. The summed E-state index contributed by atoms with van der Waals surface area (Å²) in [7, 11) is -3.38. The zero-order valence-corrected chi connectivity index (χ0v) is 22.4. The normalized spacial score (nSPS) is 16.5. The van der Waals surface area contributed by atoms with Crippen LogP contribution in [0.25, 0.3) is 0 Å². The highest BCUT2D eigenvalue weighted by Gasteiger charge is 2.32. The van der Waals surface area contributed by atoms with Gasteiger partial charge in [-0.05, 0) is 67.5 Å². The molecular formula is C29H34N2O3S2. The SMILES string of the molecule is Cc1cc(CSc2ccccc2)ccc1NC(=O)[C@H]1CCCN(S(=O)(=O)CCCc2ccccc2)C1. The molecule has 1 N–H and O–H groups in total. The molecule has 1 fully saturated rings. The molecule has 190 valence electrons. The summed E-state index contributed by atoms with van der Waals surface area (Å²) in [5, 5.41) is 3.05. The van der Waals surface area contributed by atoms with E-state index in [0.29, 0.717) is 25.8 Å². The number of rotatable bonds is 10. The maximum Gasteiger partial charge on any atom is 0.228 e. The van der Waals surface area contributed by atoms with Crippen molar-refractivity contribution >= 4 is 33.4 Å². The number of benzene rings is 3. The molecule has 1 amide bonds. The number of hydrogen-bond acceptors (Lipinski definition) is 4. The zero-order chi connectivity index (χ0) is 25.4. The molecule has 0 aliphatic carbocycles. The van der Waals surface area contributed by atoms with Gasteiger partial charge in [0, 0.05) is 29.4 Å². The second kappa shape index (κ2) is 12.6. The number of hydrogen-bond donors (Lipinski definition) is 1. The monoisotopic (exact) mass is 522 g/mol. The average Bonchev–Trinajstić information content (AvgIpc) is 2.90. The topological polar surface area (TPSA) is 66.5 Å². The fourth-order valence-corrected chi connectivity index (χ4v) is 6.96. The molecule has 3 aromatic rings. The molecule has 36 heavy (non-hydrogen) atoms. The standard InChI is InChI=1S/C29H34N2O3S2/c1-23-20-25(22-35-27-14-6-3-7-15-27)16-17-28(23)30-29(32)26-13-8-18-31(21-26)36(33,34)19-9-12-24-10-4-2-5-11-24/h2-7,10-11,14-17,20,26H,8-9,12-13,18-19,21-22H2,1H3,(H,30,32)/t26-/m0/s1. The molecule has 3 aromatic carbocycles. The quantitative estimate of drug-likeness (QED) is 0.337. The number of thioether (sulfide) groups is 1. The summed E-state index contributed by atoms with van der Waals surface area (Å²) >= 11 is 1.78. The molecule has 0 aromatic heterocycles. The van der Waals surface area contributed by atoms with E-state index >= 15 is 0 Å².